The average molecular weight is 230 g/mol. The second kappa shape index (κ2) is 12.7. The molecule has 0 amide bonds. The Kier molecular flexibility index (Phi) is 17.6. The summed E-state index contributed by atoms with van der Waals surface area (Å²) in [6.45, 7) is 6.51. The van der Waals surface area contributed by atoms with E-state index in [1.165, 1.54) is 12.5 Å². The molecular formula is C7H11NaO5S. The van der Waals surface area contributed by atoms with Crippen molar-refractivity contribution in [3.8, 4) is 0 Å². The quantitative estimate of drug-likeness (QED) is 0.339. The van der Waals surface area contributed by atoms with Gasteiger partial charge in [0.15, 0.2) is 0 Å². The van der Waals surface area contributed by atoms with Crippen LogP contribution in [0.25, 0.3) is 0 Å². The maximum atomic E-state index is 9.67. The second-order valence-electron chi connectivity index (χ2n) is 1.58. The van der Waals surface area contributed by atoms with Crippen LogP contribution in [0.15, 0.2) is 38.0 Å². The Morgan fingerprint density at radius 3 is 1.86 bits per heavy atom. The van der Waals surface area contributed by atoms with Crippen molar-refractivity contribution in [1.29, 1.82) is 0 Å². The van der Waals surface area contributed by atoms with Crippen LogP contribution < -0.4 is 29.6 Å². The monoisotopic (exact) mass is 230 g/mol. The van der Waals surface area contributed by atoms with E-state index in [2.05, 4.69) is 17.9 Å². The van der Waals surface area contributed by atoms with Crippen LogP contribution in [0.3, 0.4) is 0 Å². The van der Waals surface area contributed by atoms with E-state index in [0.717, 1.165) is 6.08 Å². The van der Waals surface area contributed by atoms with Gasteiger partial charge in [-0.2, -0.15) is 0 Å². The summed E-state index contributed by atoms with van der Waals surface area (Å²) in [6, 6.07) is 0. The van der Waals surface area contributed by atoms with Crippen molar-refractivity contribution in [2.75, 3.05) is 5.75 Å². The van der Waals surface area contributed by atoms with Gasteiger partial charge in [0.25, 0.3) is 0 Å². The average Bonchev–Trinajstić information content (AvgIpc) is 2.02. The minimum absolute atomic E-state index is 0. The van der Waals surface area contributed by atoms with Crippen molar-refractivity contribution in [1.82, 2.24) is 0 Å². The fourth-order valence-corrected chi connectivity index (χ4v) is 0.551. The Morgan fingerprint density at radius 1 is 1.36 bits per heavy atom. The smallest absolute Gasteiger partial charge is 0.748 e. The van der Waals surface area contributed by atoms with Gasteiger partial charge in [-0.25, -0.2) is 8.42 Å². The van der Waals surface area contributed by atoms with Crippen LogP contribution >= 0.6 is 0 Å². The fourth-order valence-electron chi connectivity index (χ4n) is 0.229. The van der Waals surface area contributed by atoms with Crippen molar-refractivity contribution in [3.05, 3.63) is 38.0 Å². The van der Waals surface area contributed by atoms with Crippen LogP contribution in [0, 0.1) is 0 Å². The van der Waals surface area contributed by atoms with Crippen molar-refractivity contribution < 1.29 is 52.4 Å². The predicted molar refractivity (Wildman–Crippen MR) is 47.8 cm³/mol. The molecule has 0 aromatic heterocycles. The van der Waals surface area contributed by atoms with Gasteiger partial charge in [0.05, 0.1) is 34.7 Å². The molecule has 0 saturated heterocycles. The number of aliphatic hydroxyl groups excluding tert-OH is 1. The van der Waals surface area contributed by atoms with Crippen molar-refractivity contribution in [3.63, 3.8) is 0 Å². The molecule has 0 spiro atoms. The first-order chi connectivity index (χ1) is 5.97. The molecule has 7 heteroatoms. The molecule has 0 aromatic rings. The van der Waals surface area contributed by atoms with Gasteiger partial charge in [-0.05, 0) is 6.08 Å². The topological polar surface area (TPSA) is 86.7 Å². The van der Waals surface area contributed by atoms with Gasteiger partial charge in [0.1, 0.15) is 0 Å². The third-order valence-corrected chi connectivity index (χ3v) is 1.20. The Balaban J connectivity index is -0.000000177. The van der Waals surface area contributed by atoms with Crippen LogP contribution in [0.5, 0.6) is 0 Å². The molecule has 0 radical (unpaired) electrons. The second-order valence-corrected chi connectivity index (χ2v) is 3.03. The van der Waals surface area contributed by atoms with Gasteiger partial charge >= 0.3 is 29.6 Å². The number of ether oxygens (including phenoxy) is 1. The summed E-state index contributed by atoms with van der Waals surface area (Å²) in [6.07, 6.45) is 4.01. The van der Waals surface area contributed by atoms with Gasteiger partial charge in [0.2, 0.25) is 0 Å². The van der Waals surface area contributed by atoms with Crippen molar-refractivity contribution in [2.45, 2.75) is 0 Å². The summed E-state index contributed by atoms with van der Waals surface area (Å²) in [5, 5.41) is 7.85. The van der Waals surface area contributed by atoms with E-state index in [9.17, 15) is 13.0 Å². The molecular weight excluding hydrogens is 219 g/mol. The van der Waals surface area contributed by atoms with E-state index >= 15 is 0 Å². The Hall–Kier alpha value is -0.270. The SMILES string of the molecule is C=COC=C.O=S(=O)([O-])CC=CO.[Na+]. The maximum Gasteiger partial charge on any atom is 1.00 e. The van der Waals surface area contributed by atoms with Crippen molar-refractivity contribution in [2.24, 2.45) is 0 Å². The molecule has 0 saturated carbocycles. The minimum Gasteiger partial charge on any atom is -0.748 e. The van der Waals surface area contributed by atoms with Crippen LogP contribution in [0.2, 0.25) is 0 Å². The molecule has 0 unspecified atom stereocenters. The molecule has 0 atom stereocenters. The summed E-state index contributed by atoms with van der Waals surface area (Å²) in [7, 11) is -4.18. The molecule has 14 heavy (non-hydrogen) atoms. The number of rotatable bonds is 4. The third kappa shape index (κ3) is 29.8. The van der Waals surface area contributed by atoms with Crippen LogP contribution in [-0.4, -0.2) is 23.8 Å². The summed E-state index contributed by atoms with van der Waals surface area (Å²) >= 11 is 0. The van der Waals surface area contributed by atoms with Crippen LogP contribution in [-0.2, 0) is 14.9 Å². The van der Waals surface area contributed by atoms with Crippen LogP contribution in [0.1, 0.15) is 0 Å². The number of aliphatic hydroxyl groups is 1. The zero-order chi connectivity index (χ0) is 10.7. The van der Waals surface area contributed by atoms with E-state index in [1.54, 1.807) is 0 Å². The fraction of sp³-hybridized carbons (Fsp3) is 0.143. The molecule has 0 aliphatic carbocycles. The molecule has 0 aliphatic heterocycles. The molecule has 1 N–H and O–H groups in total. The van der Waals surface area contributed by atoms with E-state index in [1.807, 2.05) is 0 Å². The summed E-state index contributed by atoms with van der Waals surface area (Å²) in [5.74, 6) is -0.649. The molecule has 5 nitrogen and oxygen atoms in total. The van der Waals surface area contributed by atoms with Crippen LogP contribution in [0.4, 0.5) is 0 Å². The molecule has 0 bridgehead atoms. The predicted octanol–water partition coefficient (Wildman–Crippen LogP) is -2.10. The summed E-state index contributed by atoms with van der Waals surface area (Å²) in [5.41, 5.74) is 0. The third-order valence-electron chi connectivity index (χ3n) is 0.598. The first-order valence-electron chi connectivity index (χ1n) is 3.08. The minimum atomic E-state index is -4.18. The van der Waals surface area contributed by atoms with Gasteiger partial charge in [-0.15, -0.1) is 0 Å². The van der Waals surface area contributed by atoms with E-state index < -0.39 is 15.9 Å². The zero-order valence-electron chi connectivity index (χ0n) is 7.92. The Bertz CT molecular complexity index is 251. The van der Waals surface area contributed by atoms with Gasteiger partial charge < -0.3 is 14.4 Å². The van der Waals surface area contributed by atoms with E-state index in [0.29, 0.717) is 6.26 Å². The summed E-state index contributed by atoms with van der Waals surface area (Å²) < 4.78 is 33.4. The first kappa shape index (κ1) is 19.3. The molecule has 76 valence electrons. The number of hydrogen-bond donors (Lipinski definition) is 1. The maximum absolute atomic E-state index is 9.67. The van der Waals surface area contributed by atoms with Gasteiger partial charge in [-0.3, -0.25) is 0 Å². The number of hydrogen-bond acceptors (Lipinski definition) is 5. The molecule has 0 aliphatic rings. The van der Waals surface area contributed by atoms with Gasteiger partial charge in [-0.1, -0.05) is 13.2 Å². The standard InChI is InChI=1S/C4H6O.C3H6O4S.Na/c1-3-5-4-2;4-2-1-3-8(5,6)7;/h3-4H,1-2H2;1-2,4H,3H2,(H,5,6,7);/q;;+1/p-1. The molecule has 0 rings (SSSR count). The Labute approximate surface area is 106 Å². The Morgan fingerprint density at radius 2 is 1.79 bits per heavy atom. The normalized spacial score (nSPS) is 9.21. The molecule has 0 heterocycles. The van der Waals surface area contributed by atoms with Gasteiger partial charge in [0, 0.05) is 0 Å². The molecule has 0 fully saturated rings. The largest absolute Gasteiger partial charge is 1.00 e. The first-order valence-corrected chi connectivity index (χ1v) is 4.65. The van der Waals surface area contributed by atoms with E-state index in [-0.39, 0.29) is 29.6 Å². The molecule has 0 aromatic carbocycles. The zero-order valence-corrected chi connectivity index (χ0v) is 10.7. The summed E-state index contributed by atoms with van der Waals surface area (Å²) in [4.78, 5) is 0. The van der Waals surface area contributed by atoms with E-state index in [4.69, 9.17) is 5.11 Å². The van der Waals surface area contributed by atoms with Crippen molar-refractivity contribution >= 4 is 10.1 Å².